The maximum atomic E-state index is 12.7. The molecule has 1 saturated carbocycles. The van der Waals surface area contributed by atoms with Gasteiger partial charge in [0.1, 0.15) is 5.54 Å². The van der Waals surface area contributed by atoms with Crippen LogP contribution >= 0.6 is 0 Å². The van der Waals surface area contributed by atoms with Crippen LogP contribution in [-0.4, -0.2) is 33.6 Å². The van der Waals surface area contributed by atoms with E-state index >= 15 is 0 Å². The summed E-state index contributed by atoms with van der Waals surface area (Å²) in [4.78, 5) is 23.4. The van der Waals surface area contributed by atoms with Crippen molar-refractivity contribution in [3.8, 4) is 0 Å². The highest BCUT2D eigenvalue weighted by molar-refractivity contribution is 5.94. The first kappa shape index (κ1) is 13.0. The second-order valence-corrected chi connectivity index (χ2v) is 5.07. The number of halogens is 3. The zero-order valence-corrected chi connectivity index (χ0v) is 10.1. The molecule has 106 valence electrons. The number of carbonyl (C=O) groups excluding carboxylic acids is 1. The van der Waals surface area contributed by atoms with E-state index in [2.05, 4.69) is 0 Å². The fourth-order valence-corrected chi connectivity index (χ4v) is 3.01. The van der Waals surface area contributed by atoms with Crippen molar-refractivity contribution in [2.24, 2.45) is 0 Å². The Balaban J connectivity index is 2.08. The van der Waals surface area contributed by atoms with E-state index in [9.17, 15) is 27.9 Å². The molecule has 1 aromatic carbocycles. The number of carboxylic acids is 1. The number of aliphatic carboxylic acids is 1. The number of carbonyl (C=O) groups is 2. The number of alkyl halides is 3. The molecule has 2 atom stereocenters. The quantitative estimate of drug-likeness (QED) is 0.857. The van der Waals surface area contributed by atoms with Gasteiger partial charge in [0.25, 0.3) is 0 Å². The summed E-state index contributed by atoms with van der Waals surface area (Å²) in [6.45, 7) is -0.322. The molecular formula is C13H10F3NO3. The monoisotopic (exact) mass is 285 g/mol. The summed E-state index contributed by atoms with van der Waals surface area (Å²) < 4.78 is 38.0. The van der Waals surface area contributed by atoms with Gasteiger partial charge in [-0.1, -0.05) is 24.3 Å². The van der Waals surface area contributed by atoms with Gasteiger partial charge in [-0.15, -0.1) is 0 Å². The summed E-state index contributed by atoms with van der Waals surface area (Å²) >= 11 is 0. The highest BCUT2D eigenvalue weighted by Crippen LogP contribution is 2.60. The summed E-state index contributed by atoms with van der Waals surface area (Å²) in [5.74, 6) is -4.03. The van der Waals surface area contributed by atoms with Crippen molar-refractivity contribution in [1.29, 1.82) is 0 Å². The first-order chi connectivity index (χ1) is 9.28. The largest absolute Gasteiger partial charge is 0.479 e. The highest BCUT2D eigenvalue weighted by Gasteiger charge is 2.70. The molecule has 1 heterocycles. The second kappa shape index (κ2) is 3.74. The summed E-state index contributed by atoms with van der Waals surface area (Å²) in [5.41, 5.74) is -0.438. The zero-order valence-electron chi connectivity index (χ0n) is 10.1. The maximum absolute atomic E-state index is 12.7. The van der Waals surface area contributed by atoms with Gasteiger partial charge in [0.2, 0.25) is 0 Å². The van der Waals surface area contributed by atoms with Gasteiger partial charge in [-0.25, -0.2) is 4.79 Å². The Morgan fingerprint density at radius 3 is 2.55 bits per heavy atom. The predicted octanol–water partition coefficient (Wildman–Crippen LogP) is 1.90. The van der Waals surface area contributed by atoms with Crippen molar-refractivity contribution in [3.63, 3.8) is 0 Å². The van der Waals surface area contributed by atoms with Gasteiger partial charge in [0, 0.05) is 12.5 Å². The molecule has 0 saturated heterocycles. The van der Waals surface area contributed by atoms with E-state index in [-0.39, 0.29) is 13.0 Å². The number of amides is 1. The Morgan fingerprint density at radius 1 is 1.30 bits per heavy atom. The lowest BCUT2D eigenvalue weighted by molar-refractivity contribution is -0.192. The molecule has 0 bridgehead atoms. The van der Waals surface area contributed by atoms with E-state index in [1.807, 2.05) is 0 Å². The molecule has 1 aliphatic heterocycles. The number of nitrogens with zero attached hydrogens (tertiary/aromatic N) is 1. The topological polar surface area (TPSA) is 57.6 Å². The lowest BCUT2D eigenvalue weighted by Crippen LogP contribution is -2.54. The predicted molar refractivity (Wildman–Crippen MR) is 60.8 cm³/mol. The minimum Gasteiger partial charge on any atom is -0.479 e. The summed E-state index contributed by atoms with van der Waals surface area (Å²) in [6, 6.07) is 6.70. The van der Waals surface area contributed by atoms with Gasteiger partial charge in [0.05, 0.1) is 0 Å². The summed E-state index contributed by atoms with van der Waals surface area (Å²) in [7, 11) is 0. The van der Waals surface area contributed by atoms with Crippen molar-refractivity contribution in [1.82, 2.24) is 4.90 Å². The normalized spacial score (nSPS) is 27.6. The number of rotatable bonds is 1. The Kier molecular flexibility index (Phi) is 2.42. The van der Waals surface area contributed by atoms with E-state index in [4.69, 9.17) is 0 Å². The minimum atomic E-state index is -5.07. The fraction of sp³-hybridized carbons (Fsp3) is 0.385. The van der Waals surface area contributed by atoms with Crippen molar-refractivity contribution in [3.05, 3.63) is 35.4 Å². The highest BCUT2D eigenvalue weighted by atomic mass is 19.4. The third-order valence-corrected chi connectivity index (χ3v) is 4.03. The first-order valence-electron chi connectivity index (χ1n) is 5.98. The molecular weight excluding hydrogens is 275 g/mol. The van der Waals surface area contributed by atoms with Crippen LogP contribution in [0.3, 0.4) is 0 Å². The molecule has 0 spiro atoms. The van der Waals surface area contributed by atoms with Crippen molar-refractivity contribution < 1.29 is 27.9 Å². The van der Waals surface area contributed by atoms with Crippen molar-refractivity contribution in [2.45, 2.75) is 30.6 Å². The summed E-state index contributed by atoms with van der Waals surface area (Å²) in [6.07, 6.45) is -5.04. The van der Waals surface area contributed by atoms with Crippen LogP contribution < -0.4 is 0 Å². The third kappa shape index (κ3) is 1.55. The SMILES string of the molecule is O=C(N1Cc2ccccc2C2CC21C(=O)O)C(F)(F)F. The van der Waals surface area contributed by atoms with Gasteiger partial charge in [-0.05, 0) is 17.5 Å². The molecule has 1 fully saturated rings. The van der Waals surface area contributed by atoms with Crippen LogP contribution in [-0.2, 0) is 16.1 Å². The molecule has 1 N–H and O–H groups in total. The van der Waals surface area contributed by atoms with E-state index in [0.29, 0.717) is 10.5 Å². The Bertz CT molecular complexity index is 613. The zero-order chi connectivity index (χ0) is 14.7. The number of carboxylic acid groups (broad SMARTS) is 1. The van der Waals surface area contributed by atoms with E-state index in [1.54, 1.807) is 24.3 Å². The standard InChI is InChI=1S/C13H10F3NO3/c14-13(15,16)10(18)17-6-7-3-1-2-4-8(7)9-5-12(9,17)11(19)20/h1-4,9H,5-6H2,(H,19,20). The van der Waals surface area contributed by atoms with Gasteiger partial charge >= 0.3 is 18.1 Å². The van der Waals surface area contributed by atoms with Gasteiger partial charge in [-0.2, -0.15) is 13.2 Å². The lowest BCUT2D eigenvalue weighted by Gasteiger charge is -2.35. The molecule has 20 heavy (non-hydrogen) atoms. The number of fused-ring (bicyclic) bond motifs is 3. The Morgan fingerprint density at radius 2 is 1.95 bits per heavy atom. The average molecular weight is 285 g/mol. The second-order valence-electron chi connectivity index (χ2n) is 5.07. The minimum absolute atomic E-state index is 0.0289. The van der Waals surface area contributed by atoms with Gasteiger partial charge < -0.3 is 10.0 Å². The van der Waals surface area contributed by atoms with Gasteiger partial charge in [0.15, 0.2) is 0 Å². The molecule has 1 amide bonds. The van der Waals surface area contributed by atoms with Crippen LogP contribution in [0.2, 0.25) is 0 Å². The summed E-state index contributed by atoms with van der Waals surface area (Å²) in [5, 5.41) is 9.29. The maximum Gasteiger partial charge on any atom is 0.471 e. The molecule has 3 rings (SSSR count). The molecule has 1 aliphatic carbocycles. The molecule has 7 heteroatoms. The lowest BCUT2D eigenvalue weighted by atomic mass is 9.94. The van der Waals surface area contributed by atoms with E-state index < -0.39 is 29.5 Å². The van der Waals surface area contributed by atoms with E-state index in [0.717, 1.165) is 5.56 Å². The number of hydrogen-bond acceptors (Lipinski definition) is 2. The van der Waals surface area contributed by atoms with Crippen LogP contribution in [0.4, 0.5) is 13.2 Å². The number of hydrogen-bond donors (Lipinski definition) is 1. The van der Waals surface area contributed by atoms with Crippen LogP contribution in [0.15, 0.2) is 24.3 Å². The Labute approximate surface area is 111 Å². The van der Waals surface area contributed by atoms with E-state index in [1.165, 1.54) is 0 Å². The smallest absolute Gasteiger partial charge is 0.471 e. The average Bonchev–Trinajstić information content (AvgIpc) is 3.13. The van der Waals surface area contributed by atoms with Crippen LogP contribution in [0.5, 0.6) is 0 Å². The molecule has 0 aromatic heterocycles. The Hall–Kier alpha value is -2.05. The van der Waals surface area contributed by atoms with Crippen LogP contribution in [0, 0.1) is 0 Å². The number of benzene rings is 1. The van der Waals surface area contributed by atoms with Crippen LogP contribution in [0.25, 0.3) is 0 Å². The van der Waals surface area contributed by atoms with Crippen molar-refractivity contribution in [2.75, 3.05) is 0 Å². The van der Waals surface area contributed by atoms with Crippen molar-refractivity contribution >= 4 is 11.9 Å². The third-order valence-electron chi connectivity index (χ3n) is 4.03. The first-order valence-corrected chi connectivity index (χ1v) is 5.98. The molecule has 4 nitrogen and oxygen atoms in total. The molecule has 2 unspecified atom stereocenters. The fourth-order valence-electron chi connectivity index (χ4n) is 3.01. The molecule has 1 aromatic rings. The molecule has 0 radical (unpaired) electrons. The van der Waals surface area contributed by atoms with Gasteiger partial charge in [-0.3, -0.25) is 4.79 Å². The molecule has 2 aliphatic rings. The van der Waals surface area contributed by atoms with Crippen LogP contribution in [0.1, 0.15) is 23.5 Å².